The Morgan fingerprint density at radius 1 is 1.08 bits per heavy atom. The first-order valence-electron chi connectivity index (χ1n) is 9.91. The molecule has 3 atom stereocenters. The van der Waals surface area contributed by atoms with Crippen LogP contribution in [0.5, 0.6) is 0 Å². The van der Waals surface area contributed by atoms with E-state index in [0.717, 1.165) is 37.9 Å². The van der Waals surface area contributed by atoms with Crippen molar-refractivity contribution in [3.05, 3.63) is 35.4 Å². The van der Waals surface area contributed by atoms with Gasteiger partial charge in [0.15, 0.2) is 0 Å². The van der Waals surface area contributed by atoms with E-state index in [0.29, 0.717) is 6.04 Å². The molecule has 1 saturated carbocycles. The highest BCUT2D eigenvalue weighted by molar-refractivity contribution is 5.29. The molecule has 0 N–H and O–H groups in total. The van der Waals surface area contributed by atoms with E-state index in [-0.39, 0.29) is 18.1 Å². The molecule has 26 heavy (non-hydrogen) atoms. The van der Waals surface area contributed by atoms with Crippen molar-refractivity contribution < 1.29 is 17.9 Å². The lowest BCUT2D eigenvalue weighted by molar-refractivity contribution is -0.137. The molecule has 1 heterocycles. The minimum Gasteiger partial charge on any atom is -0.374 e. The highest BCUT2D eigenvalue weighted by Crippen LogP contribution is 2.39. The Balaban J connectivity index is 1.78. The summed E-state index contributed by atoms with van der Waals surface area (Å²) in [6, 6.07) is 6.23. The standard InChI is InChI=1S/C21H30F3NO/c1-15(2)26-20-10-9-17(14-19(20)25-11-4-3-5-12-25)16-7-6-8-18(13-16)21(22,23)24/h6-8,13,15,17,19-20H,3-5,9-12,14H2,1-2H3/t17-,19-,20-/m0/s1. The van der Waals surface area contributed by atoms with Gasteiger partial charge >= 0.3 is 6.18 Å². The van der Waals surface area contributed by atoms with Gasteiger partial charge in [-0.15, -0.1) is 0 Å². The Kier molecular flexibility index (Phi) is 6.29. The molecular formula is C21H30F3NO. The van der Waals surface area contributed by atoms with Gasteiger partial charge in [-0.25, -0.2) is 0 Å². The van der Waals surface area contributed by atoms with Crippen LogP contribution in [-0.2, 0) is 10.9 Å². The fraction of sp³-hybridized carbons (Fsp3) is 0.714. The Morgan fingerprint density at radius 2 is 1.81 bits per heavy atom. The minimum atomic E-state index is -4.28. The number of rotatable bonds is 4. The van der Waals surface area contributed by atoms with Gasteiger partial charge in [0.2, 0.25) is 0 Å². The number of hydrogen-bond acceptors (Lipinski definition) is 2. The summed E-state index contributed by atoms with van der Waals surface area (Å²) in [5.74, 6) is 0.177. The third-order valence-electron chi connectivity index (χ3n) is 5.75. The number of ether oxygens (including phenoxy) is 1. The van der Waals surface area contributed by atoms with Gasteiger partial charge in [-0.05, 0) is 76.6 Å². The normalized spacial score (nSPS) is 28.5. The molecule has 5 heteroatoms. The SMILES string of the molecule is CC(C)O[C@H]1CC[C@H](c2cccc(C(F)(F)F)c2)C[C@@H]1N1CCCCC1. The molecule has 2 fully saturated rings. The molecule has 0 amide bonds. The summed E-state index contributed by atoms with van der Waals surface area (Å²) in [5.41, 5.74) is 0.287. The zero-order valence-electron chi connectivity index (χ0n) is 15.8. The molecule has 0 radical (unpaired) electrons. The molecule has 0 bridgehead atoms. The van der Waals surface area contributed by atoms with Crippen LogP contribution in [-0.4, -0.2) is 36.2 Å². The quantitative estimate of drug-likeness (QED) is 0.683. The Labute approximate surface area is 154 Å². The fourth-order valence-corrected chi connectivity index (χ4v) is 4.53. The molecule has 0 aromatic heterocycles. The monoisotopic (exact) mass is 369 g/mol. The molecule has 146 valence electrons. The van der Waals surface area contributed by atoms with Gasteiger partial charge in [0.25, 0.3) is 0 Å². The molecule has 0 unspecified atom stereocenters. The summed E-state index contributed by atoms with van der Waals surface area (Å²) in [6.45, 7) is 6.29. The smallest absolute Gasteiger partial charge is 0.374 e. The molecule has 0 spiro atoms. The number of hydrogen-bond donors (Lipinski definition) is 0. The number of alkyl halides is 3. The first-order valence-corrected chi connectivity index (χ1v) is 9.91. The maximum absolute atomic E-state index is 13.1. The Bertz CT molecular complexity index is 581. The van der Waals surface area contributed by atoms with Crippen LogP contribution < -0.4 is 0 Å². The minimum absolute atomic E-state index is 0.177. The number of nitrogens with zero attached hydrogens (tertiary/aromatic N) is 1. The molecule has 1 aliphatic carbocycles. The molecule has 1 aromatic carbocycles. The molecular weight excluding hydrogens is 339 g/mol. The van der Waals surface area contributed by atoms with Crippen LogP contribution in [0.15, 0.2) is 24.3 Å². The first kappa shape index (κ1) is 19.7. The average molecular weight is 369 g/mol. The van der Waals surface area contributed by atoms with Gasteiger partial charge in [0.1, 0.15) is 0 Å². The predicted molar refractivity (Wildman–Crippen MR) is 97.3 cm³/mol. The van der Waals surface area contributed by atoms with Crippen LogP contribution in [0.4, 0.5) is 13.2 Å². The zero-order valence-corrected chi connectivity index (χ0v) is 15.8. The molecule has 1 saturated heterocycles. The van der Waals surface area contributed by atoms with E-state index in [1.165, 1.54) is 31.4 Å². The van der Waals surface area contributed by atoms with E-state index in [1.807, 2.05) is 6.07 Å². The Morgan fingerprint density at radius 3 is 2.46 bits per heavy atom. The van der Waals surface area contributed by atoms with Crippen LogP contribution in [0, 0.1) is 0 Å². The van der Waals surface area contributed by atoms with Crippen molar-refractivity contribution in [2.45, 2.75) is 82.7 Å². The molecule has 3 rings (SSSR count). The van der Waals surface area contributed by atoms with E-state index in [2.05, 4.69) is 18.7 Å². The lowest BCUT2D eigenvalue weighted by Crippen LogP contribution is -2.50. The highest BCUT2D eigenvalue weighted by atomic mass is 19.4. The van der Waals surface area contributed by atoms with Crippen molar-refractivity contribution in [1.82, 2.24) is 4.90 Å². The molecule has 1 aromatic rings. The fourth-order valence-electron chi connectivity index (χ4n) is 4.53. The molecule has 2 aliphatic rings. The summed E-state index contributed by atoms with van der Waals surface area (Å²) >= 11 is 0. The van der Waals surface area contributed by atoms with Gasteiger partial charge in [-0.2, -0.15) is 13.2 Å². The second-order valence-electron chi connectivity index (χ2n) is 8.02. The summed E-state index contributed by atoms with van der Waals surface area (Å²) in [7, 11) is 0. The van der Waals surface area contributed by atoms with Crippen LogP contribution in [0.25, 0.3) is 0 Å². The van der Waals surface area contributed by atoms with E-state index in [4.69, 9.17) is 4.74 Å². The van der Waals surface area contributed by atoms with Crippen molar-refractivity contribution in [3.63, 3.8) is 0 Å². The first-order chi connectivity index (χ1) is 12.3. The number of benzene rings is 1. The van der Waals surface area contributed by atoms with Gasteiger partial charge in [-0.3, -0.25) is 4.90 Å². The van der Waals surface area contributed by atoms with E-state index in [9.17, 15) is 13.2 Å². The molecule has 2 nitrogen and oxygen atoms in total. The van der Waals surface area contributed by atoms with Crippen molar-refractivity contribution in [1.29, 1.82) is 0 Å². The maximum atomic E-state index is 13.1. The van der Waals surface area contributed by atoms with Crippen molar-refractivity contribution in [3.8, 4) is 0 Å². The van der Waals surface area contributed by atoms with E-state index in [1.54, 1.807) is 6.07 Å². The summed E-state index contributed by atoms with van der Waals surface area (Å²) < 4.78 is 45.4. The van der Waals surface area contributed by atoms with Crippen LogP contribution >= 0.6 is 0 Å². The zero-order chi connectivity index (χ0) is 18.7. The number of halogens is 3. The number of piperidine rings is 1. The van der Waals surface area contributed by atoms with Crippen LogP contribution in [0.3, 0.4) is 0 Å². The largest absolute Gasteiger partial charge is 0.416 e. The van der Waals surface area contributed by atoms with Crippen LogP contribution in [0.2, 0.25) is 0 Å². The third-order valence-corrected chi connectivity index (χ3v) is 5.75. The third kappa shape index (κ3) is 4.80. The average Bonchev–Trinajstić information content (AvgIpc) is 2.62. The summed E-state index contributed by atoms with van der Waals surface area (Å²) in [6.07, 6.45) is 2.48. The van der Waals surface area contributed by atoms with Crippen molar-refractivity contribution in [2.75, 3.05) is 13.1 Å². The van der Waals surface area contributed by atoms with Gasteiger partial charge < -0.3 is 4.74 Å². The lowest BCUT2D eigenvalue weighted by atomic mass is 9.78. The second kappa shape index (κ2) is 8.30. The topological polar surface area (TPSA) is 12.5 Å². The van der Waals surface area contributed by atoms with E-state index >= 15 is 0 Å². The van der Waals surface area contributed by atoms with Gasteiger partial charge in [0, 0.05) is 6.04 Å². The maximum Gasteiger partial charge on any atom is 0.416 e. The van der Waals surface area contributed by atoms with Crippen molar-refractivity contribution in [2.24, 2.45) is 0 Å². The second-order valence-corrected chi connectivity index (χ2v) is 8.02. The summed E-state index contributed by atoms with van der Waals surface area (Å²) in [5, 5.41) is 0. The van der Waals surface area contributed by atoms with Crippen molar-refractivity contribution >= 4 is 0 Å². The highest BCUT2D eigenvalue weighted by Gasteiger charge is 2.37. The summed E-state index contributed by atoms with van der Waals surface area (Å²) in [4.78, 5) is 2.52. The predicted octanol–water partition coefficient (Wildman–Crippen LogP) is 5.62. The van der Waals surface area contributed by atoms with Crippen LogP contribution in [0.1, 0.15) is 69.4 Å². The van der Waals surface area contributed by atoms with Gasteiger partial charge in [0.05, 0.1) is 17.8 Å². The molecule has 1 aliphatic heterocycles. The lowest BCUT2D eigenvalue weighted by Gasteiger charge is -2.44. The van der Waals surface area contributed by atoms with Gasteiger partial charge in [-0.1, -0.05) is 24.6 Å². The number of likely N-dealkylation sites (tertiary alicyclic amines) is 1. The Hall–Kier alpha value is -1.07. The van der Waals surface area contributed by atoms with E-state index < -0.39 is 11.7 Å².